The molecular formula is C25H21FN4O4. The molecule has 4 aromatic rings. The molecule has 172 valence electrons. The summed E-state index contributed by atoms with van der Waals surface area (Å²) in [5.74, 6) is 0.438. The fourth-order valence-corrected chi connectivity index (χ4v) is 4.12. The van der Waals surface area contributed by atoms with E-state index in [1.54, 1.807) is 42.3 Å². The third-order valence-electron chi connectivity index (χ3n) is 5.77. The Bertz CT molecular complexity index is 1290. The standard InChI is InChI=1S/C25H21FN4O4/c1-33-21-12-4-16(5-13-21)22-14-27-28-29(22)15-23-24(17-2-10-20(31)11-3-17)30(25(32)34-23)19-8-6-18(26)7-9-19/h2-14,23-24,31H,15H2,1H3/t23-,24?/m1/s1. The van der Waals surface area contributed by atoms with Crippen molar-refractivity contribution in [1.29, 1.82) is 0 Å². The van der Waals surface area contributed by atoms with E-state index in [9.17, 15) is 14.3 Å². The van der Waals surface area contributed by atoms with Crippen LogP contribution in [-0.2, 0) is 11.3 Å². The Kier molecular flexibility index (Phi) is 5.59. The Hall–Kier alpha value is -4.40. The van der Waals surface area contributed by atoms with Crippen LogP contribution >= 0.6 is 0 Å². The number of aromatic hydroxyl groups is 1. The Morgan fingerprint density at radius 3 is 2.41 bits per heavy atom. The van der Waals surface area contributed by atoms with Crippen LogP contribution in [0, 0.1) is 5.82 Å². The number of halogens is 1. The number of hydrogen-bond donors (Lipinski definition) is 1. The molecule has 34 heavy (non-hydrogen) atoms. The molecule has 1 aliphatic heterocycles. The van der Waals surface area contributed by atoms with Crippen molar-refractivity contribution < 1.29 is 23.8 Å². The highest BCUT2D eigenvalue weighted by atomic mass is 19.1. The number of amides is 1. The largest absolute Gasteiger partial charge is 0.508 e. The van der Waals surface area contributed by atoms with Crippen LogP contribution in [0.4, 0.5) is 14.9 Å². The van der Waals surface area contributed by atoms with E-state index in [2.05, 4.69) is 10.3 Å². The SMILES string of the molecule is COc1ccc(-c2cnnn2C[C@H]2OC(=O)N(c3ccc(F)cc3)C2c2ccc(O)cc2)cc1. The molecule has 1 amide bonds. The van der Waals surface area contributed by atoms with Crippen LogP contribution in [0.1, 0.15) is 11.6 Å². The zero-order chi connectivity index (χ0) is 23.7. The lowest BCUT2D eigenvalue weighted by Crippen LogP contribution is -2.31. The highest BCUT2D eigenvalue weighted by Crippen LogP contribution is 2.39. The summed E-state index contributed by atoms with van der Waals surface area (Å²) in [6.07, 6.45) is 0.466. The first-order valence-corrected chi connectivity index (χ1v) is 10.6. The third-order valence-corrected chi connectivity index (χ3v) is 5.77. The Labute approximate surface area is 194 Å². The number of benzene rings is 3. The zero-order valence-electron chi connectivity index (χ0n) is 18.2. The average molecular weight is 460 g/mol. The monoisotopic (exact) mass is 460 g/mol. The predicted molar refractivity (Wildman–Crippen MR) is 122 cm³/mol. The van der Waals surface area contributed by atoms with Crippen molar-refractivity contribution in [3.05, 3.63) is 90.4 Å². The van der Waals surface area contributed by atoms with Gasteiger partial charge in [0.1, 0.15) is 29.5 Å². The lowest BCUT2D eigenvalue weighted by Gasteiger charge is -2.25. The minimum atomic E-state index is -0.624. The van der Waals surface area contributed by atoms with E-state index in [1.165, 1.54) is 29.2 Å². The molecule has 8 nitrogen and oxygen atoms in total. The quantitative estimate of drug-likeness (QED) is 0.454. The van der Waals surface area contributed by atoms with Gasteiger partial charge in [-0.2, -0.15) is 0 Å². The van der Waals surface area contributed by atoms with Crippen molar-refractivity contribution in [3.63, 3.8) is 0 Å². The van der Waals surface area contributed by atoms with E-state index in [0.29, 0.717) is 5.69 Å². The van der Waals surface area contributed by atoms with E-state index in [0.717, 1.165) is 22.6 Å². The Morgan fingerprint density at radius 2 is 1.74 bits per heavy atom. The highest BCUT2D eigenvalue weighted by molar-refractivity contribution is 5.91. The first-order valence-electron chi connectivity index (χ1n) is 10.6. The lowest BCUT2D eigenvalue weighted by molar-refractivity contribution is 0.118. The van der Waals surface area contributed by atoms with Gasteiger partial charge in [0.2, 0.25) is 0 Å². The summed E-state index contributed by atoms with van der Waals surface area (Å²) < 4.78 is 26.2. The molecule has 1 aromatic heterocycles. The first-order chi connectivity index (χ1) is 16.5. The second kappa shape index (κ2) is 8.86. The summed E-state index contributed by atoms with van der Waals surface area (Å²) in [4.78, 5) is 14.5. The van der Waals surface area contributed by atoms with Crippen LogP contribution in [-0.4, -0.2) is 39.4 Å². The van der Waals surface area contributed by atoms with Crippen molar-refractivity contribution >= 4 is 11.8 Å². The summed E-state index contributed by atoms with van der Waals surface area (Å²) in [5, 5.41) is 18.0. The fourth-order valence-electron chi connectivity index (χ4n) is 4.12. The van der Waals surface area contributed by atoms with Gasteiger partial charge in [0, 0.05) is 11.3 Å². The van der Waals surface area contributed by atoms with Crippen LogP contribution < -0.4 is 9.64 Å². The lowest BCUT2D eigenvalue weighted by atomic mass is 9.99. The van der Waals surface area contributed by atoms with Gasteiger partial charge in [-0.3, -0.25) is 4.90 Å². The number of anilines is 1. The van der Waals surface area contributed by atoms with E-state index in [4.69, 9.17) is 9.47 Å². The molecule has 1 fully saturated rings. The third kappa shape index (κ3) is 4.03. The van der Waals surface area contributed by atoms with Crippen molar-refractivity contribution in [1.82, 2.24) is 15.0 Å². The van der Waals surface area contributed by atoms with Crippen molar-refractivity contribution in [2.24, 2.45) is 0 Å². The zero-order valence-corrected chi connectivity index (χ0v) is 18.2. The molecule has 5 rings (SSSR count). The van der Waals surface area contributed by atoms with Crippen molar-refractivity contribution in [2.75, 3.05) is 12.0 Å². The average Bonchev–Trinajstić information content (AvgIpc) is 3.44. The molecule has 1 aliphatic rings. The minimum Gasteiger partial charge on any atom is -0.508 e. The van der Waals surface area contributed by atoms with Crippen LogP contribution in [0.25, 0.3) is 11.3 Å². The molecule has 9 heteroatoms. The first kappa shape index (κ1) is 21.4. The second-order valence-corrected chi connectivity index (χ2v) is 7.83. The van der Waals surface area contributed by atoms with E-state index >= 15 is 0 Å². The van der Waals surface area contributed by atoms with Crippen molar-refractivity contribution in [2.45, 2.75) is 18.7 Å². The number of phenols is 1. The molecule has 0 radical (unpaired) electrons. The molecule has 0 saturated carbocycles. The van der Waals surface area contributed by atoms with E-state index < -0.39 is 24.1 Å². The smallest absolute Gasteiger partial charge is 0.415 e. The minimum absolute atomic E-state index is 0.108. The molecular weight excluding hydrogens is 439 g/mol. The van der Waals surface area contributed by atoms with Gasteiger partial charge in [-0.05, 0) is 66.2 Å². The van der Waals surface area contributed by atoms with Gasteiger partial charge >= 0.3 is 6.09 Å². The normalized spacial score (nSPS) is 17.6. The highest BCUT2D eigenvalue weighted by Gasteiger charge is 2.44. The summed E-state index contributed by atoms with van der Waals surface area (Å²) >= 11 is 0. The van der Waals surface area contributed by atoms with Crippen LogP contribution in [0.15, 0.2) is 79.0 Å². The number of methoxy groups -OCH3 is 1. The van der Waals surface area contributed by atoms with Gasteiger partial charge in [-0.25, -0.2) is 13.9 Å². The summed E-state index contributed by atoms with van der Waals surface area (Å²) in [6.45, 7) is 0.232. The number of carbonyl (C=O) groups is 1. The molecule has 2 heterocycles. The maximum Gasteiger partial charge on any atom is 0.415 e. The molecule has 0 bridgehead atoms. The maximum atomic E-state index is 13.5. The van der Waals surface area contributed by atoms with E-state index in [-0.39, 0.29) is 12.3 Å². The topological polar surface area (TPSA) is 89.7 Å². The maximum absolute atomic E-state index is 13.5. The van der Waals surface area contributed by atoms with Crippen molar-refractivity contribution in [3.8, 4) is 22.8 Å². The number of phenolic OH excluding ortho intramolecular Hbond substituents is 1. The summed E-state index contributed by atoms with van der Waals surface area (Å²) in [6, 6.07) is 19.2. The summed E-state index contributed by atoms with van der Waals surface area (Å²) in [5.41, 5.74) is 2.89. The number of hydrogen-bond acceptors (Lipinski definition) is 6. The van der Waals surface area contributed by atoms with Gasteiger partial charge in [-0.15, -0.1) is 5.10 Å². The van der Waals surface area contributed by atoms with Crippen LogP contribution in [0.3, 0.4) is 0 Å². The number of carbonyl (C=O) groups excluding carboxylic acids is 1. The molecule has 3 aromatic carbocycles. The molecule has 2 atom stereocenters. The number of cyclic esters (lactones) is 1. The van der Waals surface area contributed by atoms with Gasteiger partial charge in [-0.1, -0.05) is 17.3 Å². The Morgan fingerprint density at radius 1 is 1.03 bits per heavy atom. The molecule has 0 spiro atoms. The van der Waals surface area contributed by atoms with Crippen LogP contribution in [0.5, 0.6) is 11.5 Å². The van der Waals surface area contributed by atoms with Gasteiger partial charge in [0.05, 0.1) is 25.5 Å². The number of nitrogens with zero attached hydrogens (tertiary/aromatic N) is 4. The van der Waals surface area contributed by atoms with E-state index in [1.807, 2.05) is 24.3 Å². The fraction of sp³-hybridized carbons (Fsp3) is 0.160. The second-order valence-electron chi connectivity index (χ2n) is 7.83. The van der Waals surface area contributed by atoms with Gasteiger partial charge < -0.3 is 14.6 Å². The van der Waals surface area contributed by atoms with Crippen LogP contribution in [0.2, 0.25) is 0 Å². The predicted octanol–water partition coefficient (Wildman–Crippen LogP) is 4.57. The summed E-state index contributed by atoms with van der Waals surface area (Å²) in [7, 11) is 1.60. The number of aromatic nitrogens is 3. The molecule has 0 aliphatic carbocycles. The number of rotatable bonds is 6. The van der Waals surface area contributed by atoms with Gasteiger partial charge in [0.25, 0.3) is 0 Å². The van der Waals surface area contributed by atoms with Gasteiger partial charge in [0.15, 0.2) is 0 Å². The number of ether oxygens (including phenoxy) is 2. The molecule has 1 unspecified atom stereocenters. The molecule has 1 N–H and O–H groups in total. The Balaban J connectivity index is 1.50. The molecule has 1 saturated heterocycles.